The van der Waals surface area contributed by atoms with E-state index in [0.717, 1.165) is 59.7 Å². The van der Waals surface area contributed by atoms with Crippen LogP contribution in [0, 0.1) is 0 Å². The molecule has 0 fully saturated rings. The summed E-state index contributed by atoms with van der Waals surface area (Å²) in [4.78, 5) is 0. The second-order valence-electron chi connectivity index (χ2n) is 6.51. The van der Waals surface area contributed by atoms with Crippen molar-refractivity contribution >= 4 is 0 Å². The molecule has 0 heterocycles. The predicted molar refractivity (Wildman–Crippen MR) is 104 cm³/mol. The molecular formula is C21H28N2O3. The van der Waals surface area contributed by atoms with Crippen molar-refractivity contribution in [2.24, 2.45) is 0 Å². The first kappa shape index (κ1) is 18.7. The number of benzene rings is 2. The SMILES string of the molecule is CNCCCOc1ccc2c(c1)-c1cc(OCCCNC)ccc1C2O. The van der Waals surface area contributed by atoms with Gasteiger partial charge in [0.1, 0.15) is 17.6 Å². The lowest BCUT2D eigenvalue weighted by molar-refractivity contribution is 0.225. The highest BCUT2D eigenvalue weighted by molar-refractivity contribution is 5.80. The summed E-state index contributed by atoms with van der Waals surface area (Å²) in [5.41, 5.74) is 3.91. The Labute approximate surface area is 155 Å². The number of nitrogens with one attached hydrogen (secondary N) is 2. The Morgan fingerprint density at radius 2 is 1.27 bits per heavy atom. The molecule has 0 bridgehead atoms. The van der Waals surface area contributed by atoms with E-state index in [1.54, 1.807) is 0 Å². The Kier molecular flexibility index (Phi) is 6.50. The minimum atomic E-state index is -0.586. The molecule has 3 N–H and O–H groups in total. The molecule has 1 aliphatic rings. The number of hydrogen-bond donors (Lipinski definition) is 3. The molecule has 0 aliphatic heterocycles. The van der Waals surface area contributed by atoms with Crippen LogP contribution in [-0.2, 0) is 0 Å². The van der Waals surface area contributed by atoms with Gasteiger partial charge in [0.25, 0.3) is 0 Å². The lowest BCUT2D eigenvalue weighted by Crippen LogP contribution is -2.11. The van der Waals surface area contributed by atoms with Gasteiger partial charge in [-0.2, -0.15) is 0 Å². The van der Waals surface area contributed by atoms with E-state index < -0.39 is 6.10 Å². The van der Waals surface area contributed by atoms with Gasteiger partial charge in [-0.25, -0.2) is 0 Å². The van der Waals surface area contributed by atoms with E-state index in [1.165, 1.54) is 0 Å². The number of hydrogen-bond acceptors (Lipinski definition) is 5. The van der Waals surface area contributed by atoms with Crippen molar-refractivity contribution in [1.82, 2.24) is 10.6 Å². The van der Waals surface area contributed by atoms with Gasteiger partial charge in [0.05, 0.1) is 13.2 Å². The number of ether oxygens (including phenoxy) is 2. The van der Waals surface area contributed by atoms with Crippen molar-refractivity contribution in [2.45, 2.75) is 18.9 Å². The average Bonchev–Trinajstić information content (AvgIpc) is 2.94. The number of aliphatic hydroxyl groups is 1. The zero-order chi connectivity index (χ0) is 18.4. The minimum absolute atomic E-state index is 0.586. The van der Waals surface area contributed by atoms with Crippen LogP contribution in [0.2, 0.25) is 0 Å². The maximum Gasteiger partial charge on any atom is 0.119 e. The molecule has 2 aromatic carbocycles. The van der Waals surface area contributed by atoms with Crippen LogP contribution in [-0.4, -0.2) is 45.5 Å². The van der Waals surface area contributed by atoms with Gasteiger partial charge < -0.3 is 25.2 Å². The first-order chi connectivity index (χ1) is 12.7. The molecule has 0 spiro atoms. The van der Waals surface area contributed by atoms with Crippen LogP contribution in [0.5, 0.6) is 11.5 Å². The number of rotatable bonds is 10. The third-order valence-corrected chi connectivity index (χ3v) is 4.61. The third kappa shape index (κ3) is 4.18. The molecule has 140 valence electrons. The van der Waals surface area contributed by atoms with Gasteiger partial charge in [0.15, 0.2) is 0 Å². The molecule has 3 rings (SSSR count). The molecule has 0 saturated heterocycles. The molecule has 26 heavy (non-hydrogen) atoms. The van der Waals surface area contributed by atoms with E-state index in [9.17, 15) is 5.11 Å². The first-order valence-corrected chi connectivity index (χ1v) is 9.25. The predicted octanol–water partition coefficient (Wildman–Crippen LogP) is 2.73. The summed E-state index contributed by atoms with van der Waals surface area (Å²) < 4.78 is 11.7. The second kappa shape index (κ2) is 9.03. The quantitative estimate of drug-likeness (QED) is 0.572. The average molecular weight is 356 g/mol. The van der Waals surface area contributed by atoms with Gasteiger partial charge in [-0.05, 0) is 86.5 Å². The van der Waals surface area contributed by atoms with E-state index in [4.69, 9.17) is 9.47 Å². The molecule has 0 aromatic heterocycles. The van der Waals surface area contributed by atoms with Crippen LogP contribution < -0.4 is 20.1 Å². The zero-order valence-corrected chi connectivity index (χ0v) is 15.5. The first-order valence-electron chi connectivity index (χ1n) is 9.25. The molecule has 0 radical (unpaired) electrons. The van der Waals surface area contributed by atoms with E-state index in [1.807, 2.05) is 50.5 Å². The Bertz CT molecular complexity index is 672. The summed E-state index contributed by atoms with van der Waals surface area (Å²) >= 11 is 0. The van der Waals surface area contributed by atoms with Gasteiger partial charge in [-0.1, -0.05) is 12.1 Å². The fourth-order valence-electron chi connectivity index (χ4n) is 3.24. The normalized spacial score (nSPS) is 12.7. The summed E-state index contributed by atoms with van der Waals surface area (Å²) in [5, 5.41) is 16.8. The maximum atomic E-state index is 10.6. The van der Waals surface area contributed by atoms with Crippen molar-refractivity contribution in [3.8, 4) is 22.6 Å². The molecule has 2 aromatic rings. The van der Waals surface area contributed by atoms with Crippen LogP contribution in [0.4, 0.5) is 0 Å². The maximum absolute atomic E-state index is 10.6. The van der Waals surface area contributed by atoms with Crippen LogP contribution in [0.25, 0.3) is 11.1 Å². The second-order valence-corrected chi connectivity index (χ2v) is 6.51. The molecule has 0 amide bonds. The molecule has 0 saturated carbocycles. The number of aliphatic hydroxyl groups excluding tert-OH is 1. The Hall–Kier alpha value is -2.08. The summed E-state index contributed by atoms with van der Waals surface area (Å²) in [7, 11) is 3.87. The fraction of sp³-hybridized carbons (Fsp3) is 0.429. The number of fused-ring (bicyclic) bond motifs is 3. The highest BCUT2D eigenvalue weighted by Crippen LogP contribution is 2.46. The van der Waals surface area contributed by atoms with E-state index in [-0.39, 0.29) is 0 Å². The van der Waals surface area contributed by atoms with Crippen LogP contribution in [0.1, 0.15) is 30.1 Å². The highest BCUT2D eigenvalue weighted by Gasteiger charge is 2.27. The van der Waals surface area contributed by atoms with Gasteiger partial charge in [-0.15, -0.1) is 0 Å². The fourth-order valence-corrected chi connectivity index (χ4v) is 3.24. The van der Waals surface area contributed by atoms with Crippen LogP contribution in [0.15, 0.2) is 36.4 Å². The van der Waals surface area contributed by atoms with E-state index in [2.05, 4.69) is 10.6 Å². The van der Waals surface area contributed by atoms with E-state index >= 15 is 0 Å². The van der Waals surface area contributed by atoms with Crippen molar-refractivity contribution in [3.05, 3.63) is 47.5 Å². The molecular weight excluding hydrogens is 328 g/mol. The largest absolute Gasteiger partial charge is 0.494 e. The monoisotopic (exact) mass is 356 g/mol. The van der Waals surface area contributed by atoms with Crippen molar-refractivity contribution in [2.75, 3.05) is 40.4 Å². The molecule has 0 atom stereocenters. The zero-order valence-electron chi connectivity index (χ0n) is 15.5. The molecule has 0 unspecified atom stereocenters. The molecule has 1 aliphatic carbocycles. The van der Waals surface area contributed by atoms with Crippen molar-refractivity contribution in [1.29, 1.82) is 0 Å². The topological polar surface area (TPSA) is 62.8 Å². The Balaban J connectivity index is 1.75. The Morgan fingerprint density at radius 3 is 1.69 bits per heavy atom. The highest BCUT2D eigenvalue weighted by atomic mass is 16.5. The lowest BCUT2D eigenvalue weighted by Gasteiger charge is -2.10. The summed E-state index contributed by atoms with van der Waals surface area (Å²) in [5.74, 6) is 1.67. The van der Waals surface area contributed by atoms with Gasteiger partial charge >= 0.3 is 0 Å². The van der Waals surface area contributed by atoms with Gasteiger partial charge in [-0.3, -0.25) is 0 Å². The standard InChI is InChI=1S/C21H28N2O3/c1-22-9-3-11-25-15-5-7-17-19(13-15)20-14-16(26-12-4-10-23-2)6-8-18(20)21(17)24/h5-8,13-14,21-24H,3-4,9-12H2,1-2H3. The minimum Gasteiger partial charge on any atom is -0.494 e. The lowest BCUT2D eigenvalue weighted by atomic mass is 10.1. The summed E-state index contributed by atoms with van der Waals surface area (Å²) in [6.45, 7) is 3.20. The van der Waals surface area contributed by atoms with Crippen molar-refractivity contribution in [3.63, 3.8) is 0 Å². The van der Waals surface area contributed by atoms with Crippen LogP contribution in [0.3, 0.4) is 0 Å². The van der Waals surface area contributed by atoms with E-state index in [0.29, 0.717) is 13.2 Å². The van der Waals surface area contributed by atoms with Gasteiger partial charge in [0, 0.05) is 0 Å². The third-order valence-electron chi connectivity index (χ3n) is 4.61. The van der Waals surface area contributed by atoms with Crippen molar-refractivity contribution < 1.29 is 14.6 Å². The molecule has 5 nitrogen and oxygen atoms in total. The molecule has 5 heteroatoms. The summed E-state index contributed by atoms with van der Waals surface area (Å²) in [6.07, 6.45) is 1.33. The Morgan fingerprint density at radius 1 is 0.808 bits per heavy atom. The van der Waals surface area contributed by atoms with Crippen LogP contribution >= 0.6 is 0 Å². The smallest absolute Gasteiger partial charge is 0.119 e. The van der Waals surface area contributed by atoms with Gasteiger partial charge in [0.2, 0.25) is 0 Å². The summed E-state index contributed by atoms with van der Waals surface area (Å²) in [6, 6.07) is 11.8.